The standard InChI is InChI=1S/C7H6N2.C4H4O2/c1-2-4-7-6(3-1)8-5-9-7;5-4-2-1-3-6-4/h1-5H,(H,8,9);1-3,5H. The predicted octanol–water partition coefficient (Wildman–Crippen LogP) is 2.55. The number of benzene rings is 1. The molecule has 0 bridgehead atoms. The Labute approximate surface area is 86.2 Å². The fourth-order valence-corrected chi connectivity index (χ4v) is 1.15. The summed E-state index contributed by atoms with van der Waals surface area (Å²) in [6.07, 6.45) is 3.11. The molecular formula is C11H10N2O2. The van der Waals surface area contributed by atoms with Crippen molar-refractivity contribution in [2.75, 3.05) is 0 Å². The molecule has 2 aromatic heterocycles. The second kappa shape index (κ2) is 4.32. The minimum Gasteiger partial charge on any atom is -0.481 e. The van der Waals surface area contributed by atoms with Crippen LogP contribution in [0, 0.1) is 0 Å². The largest absolute Gasteiger partial charge is 0.481 e. The van der Waals surface area contributed by atoms with Crippen molar-refractivity contribution in [3.63, 3.8) is 0 Å². The molecular weight excluding hydrogens is 192 g/mol. The lowest BCUT2D eigenvalue weighted by molar-refractivity contribution is 0.332. The first kappa shape index (κ1) is 9.33. The number of nitrogens with one attached hydrogen (secondary N) is 1. The first-order valence-electron chi connectivity index (χ1n) is 4.47. The van der Waals surface area contributed by atoms with E-state index in [-0.39, 0.29) is 5.95 Å². The molecule has 15 heavy (non-hydrogen) atoms. The Kier molecular flexibility index (Phi) is 2.69. The first-order valence-corrected chi connectivity index (χ1v) is 4.47. The molecule has 0 atom stereocenters. The van der Waals surface area contributed by atoms with E-state index in [0.29, 0.717) is 0 Å². The van der Waals surface area contributed by atoms with E-state index in [2.05, 4.69) is 14.4 Å². The number of fused-ring (bicyclic) bond motifs is 1. The third-order valence-electron chi connectivity index (χ3n) is 1.83. The smallest absolute Gasteiger partial charge is 0.281 e. The molecule has 0 spiro atoms. The molecule has 4 nitrogen and oxygen atoms in total. The Morgan fingerprint density at radius 2 is 2.00 bits per heavy atom. The van der Waals surface area contributed by atoms with Gasteiger partial charge in [-0.25, -0.2) is 4.98 Å². The normalized spacial score (nSPS) is 9.60. The maximum absolute atomic E-state index is 8.31. The molecule has 0 saturated carbocycles. The molecule has 0 aliphatic carbocycles. The third-order valence-corrected chi connectivity index (χ3v) is 1.83. The van der Waals surface area contributed by atoms with Gasteiger partial charge in [0, 0.05) is 6.07 Å². The molecule has 0 radical (unpaired) electrons. The highest BCUT2D eigenvalue weighted by Gasteiger charge is 1.88. The van der Waals surface area contributed by atoms with Gasteiger partial charge >= 0.3 is 0 Å². The summed E-state index contributed by atoms with van der Waals surface area (Å²) in [5.74, 6) is -0.0324. The number of hydrogen-bond donors (Lipinski definition) is 2. The number of para-hydroxylation sites is 2. The lowest BCUT2D eigenvalue weighted by Gasteiger charge is -1.81. The van der Waals surface area contributed by atoms with Crippen molar-refractivity contribution in [2.24, 2.45) is 0 Å². The summed E-state index contributed by atoms with van der Waals surface area (Å²) in [4.78, 5) is 7.07. The molecule has 0 saturated heterocycles. The van der Waals surface area contributed by atoms with Crippen LogP contribution in [0.3, 0.4) is 0 Å². The number of aromatic amines is 1. The molecule has 3 rings (SSSR count). The summed E-state index contributed by atoms with van der Waals surface area (Å²) in [5, 5.41) is 8.31. The summed E-state index contributed by atoms with van der Waals surface area (Å²) in [5.41, 5.74) is 2.12. The first-order chi connectivity index (χ1) is 7.36. The molecule has 0 fully saturated rings. The van der Waals surface area contributed by atoms with Crippen molar-refractivity contribution in [1.29, 1.82) is 0 Å². The average molecular weight is 202 g/mol. The molecule has 3 aromatic rings. The van der Waals surface area contributed by atoms with Crippen LogP contribution in [-0.4, -0.2) is 15.1 Å². The van der Waals surface area contributed by atoms with Crippen LogP contribution >= 0.6 is 0 Å². The number of H-pyrrole nitrogens is 1. The SMILES string of the molecule is Oc1ccco1.c1ccc2[nH]cnc2c1. The minimum atomic E-state index is -0.0324. The van der Waals surface area contributed by atoms with Gasteiger partial charge < -0.3 is 14.5 Å². The second-order valence-electron chi connectivity index (χ2n) is 2.87. The fraction of sp³-hybridized carbons (Fsp3) is 0. The van der Waals surface area contributed by atoms with Gasteiger partial charge in [0.25, 0.3) is 5.95 Å². The fourth-order valence-electron chi connectivity index (χ4n) is 1.15. The van der Waals surface area contributed by atoms with Gasteiger partial charge in [-0.2, -0.15) is 0 Å². The molecule has 2 N–H and O–H groups in total. The molecule has 76 valence electrons. The van der Waals surface area contributed by atoms with Gasteiger partial charge in [0.1, 0.15) is 0 Å². The highest BCUT2D eigenvalue weighted by molar-refractivity contribution is 5.73. The number of furan rings is 1. The molecule has 0 aliphatic heterocycles. The van der Waals surface area contributed by atoms with E-state index in [4.69, 9.17) is 5.11 Å². The van der Waals surface area contributed by atoms with Crippen LogP contribution in [0.25, 0.3) is 11.0 Å². The molecule has 2 heterocycles. The summed E-state index contributed by atoms with van der Waals surface area (Å²) < 4.78 is 4.39. The zero-order valence-corrected chi connectivity index (χ0v) is 7.92. The predicted molar refractivity (Wildman–Crippen MR) is 56.5 cm³/mol. The number of aromatic nitrogens is 2. The van der Waals surface area contributed by atoms with Gasteiger partial charge in [-0.3, -0.25) is 0 Å². The Balaban J connectivity index is 0.000000124. The number of nitrogens with zero attached hydrogens (tertiary/aromatic N) is 1. The van der Waals surface area contributed by atoms with Crippen LogP contribution in [-0.2, 0) is 0 Å². The summed E-state index contributed by atoms with van der Waals surface area (Å²) in [7, 11) is 0. The number of hydrogen-bond acceptors (Lipinski definition) is 3. The van der Waals surface area contributed by atoms with Crippen LogP contribution in [0.15, 0.2) is 53.4 Å². The van der Waals surface area contributed by atoms with E-state index in [1.807, 2.05) is 24.3 Å². The molecule has 1 aromatic carbocycles. The molecule has 4 heteroatoms. The maximum atomic E-state index is 8.31. The zero-order valence-electron chi connectivity index (χ0n) is 7.92. The van der Waals surface area contributed by atoms with E-state index >= 15 is 0 Å². The maximum Gasteiger partial charge on any atom is 0.281 e. The van der Waals surface area contributed by atoms with Gasteiger partial charge in [-0.05, 0) is 18.2 Å². The van der Waals surface area contributed by atoms with Gasteiger partial charge in [-0.15, -0.1) is 0 Å². The quantitative estimate of drug-likeness (QED) is 0.588. The van der Waals surface area contributed by atoms with Crippen LogP contribution in [0.1, 0.15) is 0 Å². The van der Waals surface area contributed by atoms with Crippen LogP contribution in [0.5, 0.6) is 5.95 Å². The summed E-state index contributed by atoms with van der Waals surface area (Å²) in [6.45, 7) is 0. The van der Waals surface area contributed by atoms with Gasteiger partial charge in [0.2, 0.25) is 0 Å². The number of imidazole rings is 1. The minimum absolute atomic E-state index is 0.0324. The topological polar surface area (TPSA) is 62.1 Å². The van der Waals surface area contributed by atoms with Crippen molar-refractivity contribution < 1.29 is 9.52 Å². The number of aromatic hydroxyl groups is 1. The monoisotopic (exact) mass is 202 g/mol. The van der Waals surface area contributed by atoms with Crippen molar-refractivity contribution in [2.45, 2.75) is 0 Å². The van der Waals surface area contributed by atoms with E-state index < -0.39 is 0 Å². The average Bonchev–Trinajstić information content (AvgIpc) is 2.88. The zero-order chi connectivity index (χ0) is 10.5. The van der Waals surface area contributed by atoms with Crippen LogP contribution in [0.4, 0.5) is 0 Å². The lowest BCUT2D eigenvalue weighted by Crippen LogP contribution is -1.63. The lowest BCUT2D eigenvalue weighted by atomic mass is 10.3. The van der Waals surface area contributed by atoms with Crippen molar-refractivity contribution in [3.8, 4) is 5.95 Å². The Bertz CT molecular complexity index is 484. The van der Waals surface area contributed by atoms with E-state index in [1.54, 1.807) is 12.4 Å². The second-order valence-corrected chi connectivity index (χ2v) is 2.87. The van der Waals surface area contributed by atoms with Crippen LogP contribution in [0.2, 0.25) is 0 Å². The number of rotatable bonds is 0. The van der Waals surface area contributed by atoms with E-state index in [9.17, 15) is 0 Å². The molecule has 0 aliphatic rings. The summed E-state index contributed by atoms with van der Waals surface area (Å²) >= 11 is 0. The van der Waals surface area contributed by atoms with Gasteiger partial charge in [0.05, 0.1) is 23.6 Å². The third kappa shape index (κ3) is 2.37. The Morgan fingerprint density at radius 1 is 1.13 bits per heavy atom. The van der Waals surface area contributed by atoms with Crippen molar-refractivity contribution in [1.82, 2.24) is 9.97 Å². The van der Waals surface area contributed by atoms with Crippen molar-refractivity contribution in [3.05, 3.63) is 49.0 Å². The molecule has 0 amide bonds. The van der Waals surface area contributed by atoms with E-state index in [0.717, 1.165) is 11.0 Å². The van der Waals surface area contributed by atoms with E-state index in [1.165, 1.54) is 12.3 Å². The highest BCUT2D eigenvalue weighted by Crippen LogP contribution is 2.05. The Morgan fingerprint density at radius 3 is 2.60 bits per heavy atom. The van der Waals surface area contributed by atoms with Gasteiger partial charge in [-0.1, -0.05) is 12.1 Å². The summed E-state index contributed by atoms with van der Waals surface area (Å²) in [6, 6.07) is 11.0. The molecule has 0 unspecified atom stereocenters. The van der Waals surface area contributed by atoms with Crippen LogP contribution < -0.4 is 0 Å². The Hall–Kier alpha value is -2.23. The van der Waals surface area contributed by atoms with Gasteiger partial charge in [0.15, 0.2) is 0 Å². The highest BCUT2D eigenvalue weighted by atomic mass is 16.5. The van der Waals surface area contributed by atoms with Crippen molar-refractivity contribution >= 4 is 11.0 Å².